The van der Waals surface area contributed by atoms with Gasteiger partial charge in [0, 0.05) is 45.1 Å². The Morgan fingerprint density at radius 2 is 2.07 bits per heavy atom. The molecule has 1 aromatic carbocycles. The van der Waals surface area contributed by atoms with E-state index in [1.54, 1.807) is 11.9 Å². The van der Waals surface area contributed by atoms with Crippen LogP contribution < -0.4 is 15.5 Å². The van der Waals surface area contributed by atoms with Gasteiger partial charge in [0.2, 0.25) is 5.89 Å². The summed E-state index contributed by atoms with van der Waals surface area (Å²) in [5, 5.41) is 10.4. The highest BCUT2D eigenvalue weighted by Crippen LogP contribution is 2.26. The van der Waals surface area contributed by atoms with Crippen LogP contribution >= 0.6 is 24.0 Å². The van der Waals surface area contributed by atoms with E-state index in [9.17, 15) is 8.78 Å². The maximum absolute atomic E-state index is 14.0. The summed E-state index contributed by atoms with van der Waals surface area (Å²) in [6.07, 6.45) is 1.34. The highest BCUT2D eigenvalue weighted by Gasteiger charge is 2.27. The van der Waals surface area contributed by atoms with Crippen molar-refractivity contribution in [1.82, 2.24) is 20.8 Å². The van der Waals surface area contributed by atoms with Gasteiger partial charge in [-0.3, -0.25) is 4.99 Å². The van der Waals surface area contributed by atoms with E-state index >= 15 is 0 Å². The number of rotatable bonds is 6. The predicted octanol–water partition coefficient (Wildman–Crippen LogP) is 3.08. The lowest BCUT2D eigenvalue weighted by molar-refractivity contribution is 0.371. The number of hydrogen-bond donors (Lipinski definition) is 2. The van der Waals surface area contributed by atoms with Crippen molar-refractivity contribution >= 4 is 35.6 Å². The van der Waals surface area contributed by atoms with Crippen molar-refractivity contribution in [2.75, 3.05) is 31.6 Å². The number of aliphatic imine (C=N–C) groups is 1. The average molecular weight is 520 g/mol. The molecule has 0 spiro atoms. The van der Waals surface area contributed by atoms with Gasteiger partial charge in [0.25, 0.3) is 0 Å². The second-order valence-corrected chi connectivity index (χ2v) is 7.10. The highest BCUT2D eigenvalue weighted by atomic mass is 127. The molecule has 3 rings (SSSR count). The van der Waals surface area contributed by atoms with Crippen LogP contribution in [0.15, 0.2) is 27.7 Å². The number of anilines is 1. The maximum Gasteiger partial charge on any atom is 0.228 e. The fourth-order valence-corrected chi connectivity index (χ4v) is 3.15. The monoisotopic (exact) mass is 520 g/mol. The normalized spacial score (nSPS) is 16.8. The smallest absolute Gasteiger partial charge is 0.228 e. The second kappa shape index (κ2) is 10.7. The molecule has 2 heterocycles. The van der Waals surface area contributed by atoms with Crippen LogP contribution in [0.25, 0.3) is 0 Å². The van der Waals surface area contributed by atoms with Gasteiger partial charge in [-0.05, 0) is 18.6 Å². The Hall–Kier alpha value is -1.98. The lowest BCUT2D eigenvalue weighted by Gasteiger charge is -2.21. The molecule has 1 saturated heterocycles. The molecule has 2 N–H and O–H groups in total. The van der Waals surface area contributed by atoms with Gasteiger partial charge >= 0.3 is 0 Å². The first-order valence-electron chi connectivity index (χ1n) is 9.46. The molecule has 1 unspecified atom stereocenters. The zero-order valence-electron chi connectivity index (χ0n) is 16.8. The minimum absolute atomic E-state index is 0. The SMILES string of the molecule is CN=C(NCCc1nc(C(C)C)no1)NC1CCN(c2c(F)cccc2F)C1.I. The Balaban J connectivity index is 0.00000300. The van der Waals surface area contributed by atoms with Crippen molar-refractivity contribution in [3.8, 4) is 0 Å². The lowest BCUT2D eigenvalue weighted by Crippen LogP contribution is -2.45. The quantitative estimate of drug-likeness (QED) is 0.347. The van der Waals surface area contributed by atoms with Crippen molar-refractivity contribution in [3.63, 3.8) is 0 Å². The van der Waals surface area contributed by atoms with E-state index in [1.165, 1.54) is 18.2 Å². The number of benzene rings is 1. The van der Waals surface area contributed by atoms with Crippen LogP contribution in [0.1, 0.15) is 37.9 Å². The van der Waals surface area contributed by atoms with Crippen molar-refractivity contribution in [2.45, 2.75) is 38.6 Å². The van der Waals surface area contributed by atoms with Crippen LogP contribution in [0.5, 0.6) is 0 Å². The molecule has 0 bridgehead atoms. The first-order valence-corrected chi connectivity index (χ1v) is 9.46. The van der Waals surface area contributed by atoms with E-state index in [4.69, 9.17) is 4.52 Å². The molecular weight excluding hydrogens is 493 g/mol. The third-order valence-corrected chi connectivity index (χ3v) is 4.64. The first-order chi connectivity index (χ1) is 13.5. The van der Waals surface area contributed by atoms with E-state index in [0.29, 0.717) is 43.7 Å². The van der Waals surface area contributed by atoms with Gasteiger partial charge in [-0.1, -0.05) is 25.1 Å². The summed E-state index contributed by atoms with van der Waals surface area (Å²) in [7, 11) is 1.68. The number of hydrogen-bond acceptors (Lipinski definition) is 5. The molecule has 1 aliphatic rings. The summed E-state index contributed by atoms with van der Waals surface area (Å²) in [6, 6.07) is 3.98. The standard InChI is InChI=1S/C19H26F2N6O.HI/c1-12(2)18-25-16(28-26-18)7-9-23-19(22-3)24-13-8-10-27(11-13)17-14(20)5-4-6-15(17)21;/h4-6,12-13H,7-11H2,1-3H3,(H2,22,23,24);1H. The minimum Gasteiger partial charge on any atom is -0.365 e. The summed E-state index contributed by atoms with van der Waals surface area (Å²) >= 11 is 0. The minimum atomic E-state index is -0.538. The zero-order valence-corrected chi connectivity index (χ0v) is 19.1. The number of nitrogens with zero attached hydrogens (tertiary/aromatic N) is 4. The average Bonchev–Trinajstić information content (AvgIpc) is 3.31. The molecule has 0 aliphatic carbocycles. The third kappa shape index (κ3) is 6.00. The van der Waals surface area contributed by atoms with E-state index in [0.717, 1.165) is 6.42 Å². The van der Waals surface area contributed by atoms with Crippen molar-refractivity contribution in [3.05, 3.63) is 41.5 Å². The van der Waals surface area contributed by atoms with Crippen molar-refractivity contribution in [2.24, 2.45) is 4.99 Å². The van der Waals surface area contributed by atoms with E-state index in [1.807, 2.05) is 13.8 Å². The van der Waals surface area contributed by atoms with Gasteiger partial charge in [-0.2, -0.15) is 4.98 Å². The molecule has 7 nitrogen and oxygen atoms in total. The molecule has 1 atom stereocenters. The number of aromatic nitrogens is 2. The van der Waals surface area contributed by atoms with Crippen LogP contribution in [0.3, 0.4) is 0 Å². The number of guanidine groups is 1. The van der Waals surface area contributed by atoms with Gasteiger partial charge in [0.05, 0.1) is 0 Å². The maximum atomic E-state index is 14.0. The van der Waals surface area contributed by atoms with E-state index in [2.05, 4.69) is 25.8 Å². The summed E-state index contributed by atoms with van der Waals surface area (Å²) < 4.78 is 33.2. The molecule has 10 heteroatoms. The Bertz CT molecular complexity index is 809. The molecule has 2 aromatic rings. The Labute approximate surface area is 186 Å². The van der Waals surface area contributed by atoms with E-state index < -0.39 is 11.6 Å². The Morgan fingerprint density at radius 3 is 2.69 bits per heavy atom. The highest BCUT2D eigenvalue weighted by molar-refractivity contribution is 14.0. The fourth-order valence-electron chi connectivity index (χ4n) is 3.15. The fraction of sp³-hybridized carbons (Fsp3) is 0.526. The van der Waals surface area contributed by atoms with Crippen LogP contribution in [-0.2, 0) is 6.42 Å². The largest absolute Gasteiger partial charge is 0.365 e. The van der Waals surface area contributed by atoms with Crippen LogP contribution in [0, 0.1) is 11.6 Å². The van der Waals surface area contributed by atoms with Gasteiger partial charge in [-0.15, -0.1) is 24.0 Å². The van der Waals surface area contributed by atoms with Crippen LogP contribution in [0.2, 0.25) is 0 Å². The molecule has 160 valence electrons. The van der Waals surface area contributed by atoms with Crippen LogP contribution in [0.4, 0.5) is 14.5 Å². The Kier molecular flexibility index (Phi) is 8.60. The molecule has 1 aromatic heterocycles. The van der Waals surface area contributed by atoms with Gasteiger partial charge in [-0.25, -0.2) is 8.78 Å². The summed E-state index contributed by atoms with van der Waals surface area (Å²) in [5.41, 5.74) is 0.0343. The first kappa shape index (κ1) is 23.3. The van der Waals surface area contributed by atoms with Gasteiger partial charge < -0.3 is 20.1 Å². The molecule has 1 aliphatic heterocycles. The third-order valence-electron chi connectivity index (χ3n) is 4.64. The number of nitrogens with one attached hydrogen (secondary N) is 2. The number of para-hydroxylation sites is 1. The summed E-state index contributed by atoms with van der Waals surface area (Å²) in [5.74, 6) is 1.05. The lowest BCUT2D eigenvalue weighted by atomic mass is 10.2. The molecule has 0 amide bonds. The van der Waals surface area contributed by atoms with Gasteiger partial charge in [0.1, 0.15) is 17.3 Å². The van der Waals surface area contributed by atoms with Crippen molar-refractivity contribution in [1.29, 1.82) is 0 Å². The molecule has 29 heavy (non-hydrogen) atoms. The van der Waals surface area contributed by atoms with Crippen LogP contribution in [-0.4, -0.2) is 48.8 Å². The molecule has 1 fully saturated rings. The summed E-state index contributed by atoms with van der Waals surface area (Å²) in [6.45, 7) is 5.68. The van der Waals surface area contributed by atoms with Crippen molar-refractivity contribution < 1.29 is 13.3 Å². The molecular formula is C19H27F2IN6O. The van der Waals surface area contributed by atoms with Gasteiger partial charge in [0.15, 0.2) is 11.8 Å². The molecule has 0 saturated carbocycles. The predicted molar refractivity (Wildman–Crippen MR) is 119 cm³/mol. The topological polar surface area (TPSA) is 78.6 Å². The Morgan fingerprint density at radius 1 is 1.34 bits per heavy atom. The second-order valence-electron chi connectivity index (χ2n) is 7.10. The number of halogens is 3. The summed E-state index contributed by atoms with van der Waals surface area (Å²) in [4.78, 5) is 10.3. The molecule has 0 radical (unpaired) electrons. The zero-order chi connectivity index (χ0) is 20.1. The van der Waals surface area contributed by atoms with E-state index in [-0.39, 0.29) is 41.6 Å².